The Morgan fingerprint density at radius 2 is 1.71 bits per heavy atom. The van der Waals surface area contributed by atoms with E-state index < -0.39 is 5.97 Å². The van der Waals surface area contributed by atoms with Crippen LogP contribution in [0.2, 0.25) is 0 Å². The molecule has 24 heavy (non-hydrogen) atoms. The third-order valence-corrected chi connectivity index (χ3v) is 4.15. The van der Waals surface area contributed by atoms with Gasteiger partial charge in [0.05, 0.1) is 7.11 Å². The predicted molar refractivity (Wildman–Crippen MR) is 97.0 cm³/mol. The Labute approximate surface area is 156 Å². The molecule has 2 rings (SSSR count). The average Bonchev–Trinajstić information content (AvgIpc) is 2.58. The summed E-state index contributed by atoms with van der Waals surface area (Å²) in [5.41, 5.74) is 1.21. The number of rotatable bonds is 6. The maximum atomic E-state index is 11.9. The number of carbonyl (C=O) groups excluding carboxylic acids is 2. The van der Waals surface area contributed by atoms with Gasteiger partial charge in [0.1, 0.15) is 18.9 Å². The van der Waals surface area contributed by atoms with Gasteiger partial charge in [0, 0.05) is 20.1 Å². The van der Waals surface area contributed by atoms with Gasteiger partial charge in [0.25, 0.3) is 5.91 Å². The Hall–Kier alpha value is -1.86. The van der Waals surface area contributed by atoms with Crippen LogP contribution in [0.3, 0.4) is 0 Å². The maximum absolute atomic E-state index is 11.9. The molecule has 0 atom stereocenters. The van der Waals surface area contributed by atoms with Crippen LogP contribution in [0.4, 0.5) is 0 Å². The minimum absolute atomic E-state index is 0.0651. The van der Waals surface area contributed by atoms with Crippen molar-refractivity contribution in [2.24, 2.45) is 0 Å². The first kappa shape index (κ1) is 18.5. The highest BCUT2D eigenvalue weighted by atomic mass is 79.9. The second-order valence-corrected chi connectivity index (χ2v) is 6.64. The lowest BCUT2D eigenvalue weighted by atomic mass is 10.2. The van der Waals surface area contributed by atoms with Crippen molar-refractivity contribution < 1.29 is 19.1 Å². The zero-order chi connectivity index (χ0) is 17.5. The molecule has 2 aromatic carbocycles. The number of nitrogens with one attached hydrogen (secondary N) is 1. The fourth-order valence-electron chi connectivity index (χ4n) is 1.93. The van der Waals surface area contributed by atoms with E-state index in [0.717, 1.165) is 14.5 Å². The molecule has 126 valence electrons. The maximum Gasteiger partial charge on any atom is 0.325 e. The lowest BCUT2D eigenvalue weighted by molar-refractivity contribution is -0.143. The van der Waals surface area contributed by atoms with Gasteiger partial charge in [-0.15, -0.1) is 0 Å². The molecule has 2 aromatic rings. The number of hydrogen-bond acceptors (Lipinski definition) is 4. The van der Waals surface area contributed by atoms with Crippen molar-refractivity contribution in [2.75, 3.05) is 13.7 Å². The van der Waals surface area contributed by atoms with Crippen LogP contribution >= 0.6 is 31.9 Å². The van der Waals surface area contributed by atoms with Gasteiger partial charge in [-0.25, -0.2) is 0 Å². The van der Waals surface area contributed by atoms with Gasteiger partial charge in [-0.3, -0.25) is 9.59 Å². The summed E-state index contributed by atoms with van der Waals surface area (Å²) in [6.07, 6.45) is 0. The van der Waals surface area contributed by atoms with Crippen molar-refractivity contribution >= 4 is 43.7 Å². The Balaban J connectivity index is 1.84. The number of methoxy groups -OCH3 is 1. The van der Waals surface area contributed by atoms with Crippen LogP contribution in [0.25, 0.3) is 0 Å². The number of esters is 1. The Kier molecular flexibility index (Phi) is 6.81. The van der Waals surface area contributed by atoms with Crippen LogP contribution in [-0.2, 0) is 16.1 Å². The van der Waals surface area contributed by atoms with Crippen molar-refractivity contribution in [1.29, 1.82) is 0 Å². The molecule has 0 fully saturated rings. The zero-order valence-electron chi connectivity index (χ0n) is 12.8. The first-order valence-electron chi connectivity index (χ1n) is 7.01. The highest BCUT2D eigenvalue weighted by molar-refractivity contribution is 9.10. The largest absolute Gasteiger partial charge is 0.496 e. The quantitative estimate of drug-likeness (QED) is 0.673. The molecule has 5 nitrogen and oxygen atoms in total. The van der Waals surface area contributed by atoms with Crippen LogP contribution in [0, 0.1) is 0 Å². The number of halogens is 2. The molecule has 0 aromatic heterocycles. The number of amides is 1. The predicted octanol–water partition coefficient (Wildman–Crippen LogP) is 3.69. The molecule has 0 aliphatic carbocycles. The summed E-state index contributed by atoms with van der Waals surface area (Å²) in [5, 5.41) is 2.53. The molecule has 7 heteroatoms. The summed E-state index contributed by atoms with van der Waals surface area (Å²) >= 11 is 6.65. The molecule has 0 unspecified atom stereocenters. The fraction of sp³-hybridized carbons (Fsp3) is 0.176. The smallest absolute Gasteiger partial charge is 0.325 e. The molecule has 0 saturated carbocycles. The van der Waals surface area contributed by atoms with E-state index in [4.69, 9.17) is 9.47 Å². The number of ether oxygens (including phenoxy) is 2. The molecule has 0 radical (unpaired) electrons. The molecule has 0 aliphatic heterocycles. The second kappa shape index (κ2) is 8.84. The Morgan fingerprint density at radius 1 is 1.04 bits per heavy atom. The third kappa shape index (κ3) is 5.35. The van der Waals surface area contributed by atoms with Crippen molar-refractivity contribution in [1.82, 2.24) is 5.32 Å². The highest BCUT2D eigenvalue weighted by Gasteiger charge is 2.11. The SMILES string of the molecule is COc1ccc(Br)cc1COC(=O)CNC(=O)c1ccc(Br)cc1. The monoisotopic (exact) mass is 455 g/mol. The Bertz CT molecular complexity index is 732. The lowest BCUT2D eigenvalue weighted by Crippen LogP contribution is -2.30. The van der Waals surface area contributed by atoms with Crippen LogP contribution in [0.1, 0.15) is 15.9 Å². The number of hydrogen-bond donors (Lipinski definition) is 1. The molecule has 1 amide bonds. The first-order valence-corrected chi connectivity index (χ1v) is 8.60. The van der Waals surface area contributed by atoms with Gasteiger partial charge in [0.15, 0.2) is 0 Å². The first-order chi connectivity index (χ1) is 11.5. The van der Waals surface area contributed by atoms with Gasteiger partial charge in [0.2, 0.25) is 0 Å². The van der Waals surface area contributed by atoms with E-state index in [9.17, 15) is 9.59 Å². The van der Waals surface area contributed by atoms with Gasteiger partial charge in [-0.2, -0.15) is 0 Å². The number of carbonyl (C=O) groups is 2. The second-order valence-electron chi connectivity index (χ2n) is 4.81. The topological polar surface area (TPSA) is 64.6 Å². The number of benzene rings is 2. The summed E-state index contributed by atoms with van der Waals surface area (Å²) in [6, 6.07) is 12.3. The van der Waals surface area contributed by atoms with Crippen molar-refractivity contribution in [2.45, 2.75) is 6.61 Å². The molecule has 0 saturated heterocycles. The van der Waals surface area contributed by atoms with Gasteiger partial charge < -0.3 is 14.8 Å². The lowest BCUT2D eigenvalue weighted by Gasteiger charge is -2.10. The van der Waals surface area contributed by atoms with Crippen molar-refractivity contribution in [3.63, 3.8) is 0 Å². The van der Waals surface area contributed by atoms with Crippen LogP contribution in [0.15, 0.2) is 51.4 Å². The normalized spacial score (nSPS) is 10.1. The van der Waals surface area contributed by atoms with E-state index in [0.29, 0.717) is 11.3 Å². The van der Waals surface area contributed by atoms with Crippen LogP contribution in [0.5, 0.6) is 5.75 Å². The molecule has 0 bridgehead atoms. The molecular weight excluding hydrogens is 442 g/mol. The molecule has 0 heterocycles. The third-order valence-electron chi connectivity index (χ3n) is 3.13. The highest BCUT2D eigenvalue weighted by Crippen LogP contribution is 2.23. The summed E-state index contributed by atoms with van der Waals surface area (Å²) in [7, 11) is 1.55. The standard InChI is InChI=1S/C17H15Br2NO4/c1-23-15-7-6-14(19)8-12(15)10-24-16(21)9-20-17(22)11-2-4-13(18)5-3-11/h2-8H,9-10H2,1H3,(H,20,22). The van der Waals surface area contributed by atoms with Crippen LogP contribution in [-0.4, -0.2) is 25.5 Å². The minimum atomic E-state index is -0.525. The van der Waals surface area contributed by atoms with E-state index in [-0.39, 0.29) is 19.1 Å². The molecule has 1 N–H and O–H groups in total. The van der Waals surface area contributed by atoms with E-state index in [1.807, 2.05) is 12.1 Å². The summed E-state index contributed by atoms with van der Waals surface area (Å²) in [5.74, 6) is -0.230. The van der Waals surface area contributed by atoms with E-state index >= 15 is 0 Å². The van der Waals surface area contributed by atoms with E-state index in [1.54, 1.807) is 37.4 Å². The molecule has 0 spiro atoms. The summed E-state index contributed by atoms with van der Waals surface area (Å²) in [6.45, 7) is -0.138. The van der Waals surface area contributed by atoms with E-state index in [2.05, 4.69) is 37.2 Å². The average molecular weight is 457 g/mol. The summed E-state index contributed by atoms with van der Waals surface area (Å²) in [4.78, 5) is 23.7. The van der Waals surface area contributed by atoms with Gasteiger partial charge in [-0.05, 0) is 42.5 Å². The van der Waals surface area contributed by atoms with Crippen molar-refractivity contribution in [3.05, 3.63) is 62.5 Å². The molecular formula is C17H15Br2NO4. The summed E-state index contributed by atoms with van der Waals surface area (Å²) < 4.78 is 12.1. The van der Waals surface area contributed by atoms with Crippen LogP contribution < -0.4 is 10.1 Å². The van der Waals surface area contributed by atoms with Gasteiger partial charge >= 0.3 is 5.97 Å². The fourth-order valence-corrected chi connectivity index (χ4v) is 2.60. The zero-order valence-corrected chi connectivity index (χ0v) is 16.0. The minimum Gasteiger partial charge on any atom is -0.496 e. The van der Waals surface area contributed by atoms with Crippen molar-refractivity contribution in [3.8, 4) is 5.75 Å². The molecule has 0 aliphatic rings. The Morgan fingerprint density at radius 3 is 2.38 bits per heavy atom. The van der Waals surface area contributed by atoms with Gasteiger partial charge in [-0.1, -0.05) is 31.9 Å². The van der Waals surface area contributed by atoms with E-state index in [1.165, 1.54) is 0 Å².